The minimum Gasteiger partial charge on any atom is -0.378 e. The SMILES string of the molecule is CCOC1CC(N)(CN(CC)c2ccccc2F)C1(C)C. The van der Waals surface area contributed by atoms with Gasteiger partial charge in [-0.05, 0) is 32.4 Å². The summed E-state index contributed by atoms with van der Waals surface area (Å²) in [5, 5.41) is 0. The van der Waals surface area contributed by atoms with Crippen molar-refractivity contribution in [2.75, 3.05) is 24.6 Å². The summed E-state index contributed by atoms with van der Waals surface area (Å²) in [5.74, 6) is -0.193. The van der Waals surface area contributed by atoms with Gasteiger partial charge in [-0.15, -0.1) is 0 Å². The van der Waals surface area contributed by atoms with E-state index in [1.807, 2.05) is 30.9 Å². The lowest BCUT2D eigenvalue weighted by atomic mass is 9.54. The Hall–Kier alpha value is -1.13. The molecule has 1 aliphatic carbocycles. The van der Waals surface area contributed by atoms with Crippen molar-refractivity contribution in [3.8, 4) is 0 Å². The number of halogens is 1. The maximum absolute atomic E-state index is 14.0. The fraction of sp³-hybridized carbons (Fsp3) is 0.647. The van der Waals surface area contributed by atoms with E-state index < -0.39 is 0 Å². The second-order valence-electron chi connectivity index (χ2n) is 6.49. The van der Waals surface area contributed by atoms with Crippen molar-refractivity contribution in [3.05, 3.63) is 30.1 Å². The highest BCUT2D eigenvalue weighted by molar-refractivity contribution is 5.48. The number of rotatable bonds is 6. The first-order valence-corrected chi connectivity index (χ1v) is 7.75. The van der Waals surface area contributed by atoms with Gasteiger partial charge in [0.15, 0.2) is 0 Å². The standard InChI is InChI=1S/C17H27FN2O/c1-5-20(14-10-8-7-9-13(14)18)12-17(19)11-15(21-6-2)16(17,3)4/h7-10,15H,5-6,11-12,19H2,1-4H3. The fourth-order valence-electron chi connectivity index (χ4n) is 3.19. The summed E-state index contributed by atoms with van der Waals surface area (Å²) in [6.45, 7) is 10.4. The minimum atomic E-state index is -0.356. The molecule has 1 aromatic rings. The summed E-state index contributed by atoms with van der Waals surface area (Å²) >= 11 is 0. The number of hydrogen-bond acceptors (Lipinski definition) is 3. The van der Waals surface area contributed by atoms with E-state index in [4.69, 9.17) is 10.5 Å². The van der Waals surface area contributed by atoms with Gasteiger partial charge in [-0.25, -0.2) is 4.39 Å². The maximum atomic E-state index is 14.0. The third-order valence-electron chi connectivity index (χ3n) is 5.05. The molecular weight excluding hydrogens is 267 g/mol. The van der Waals surface area contributed by atoms with Gasteiger partial charge in [0.05, 0.1) is 11.8 Å². The molecule has 2 N–H and O–H groups in total. The number of benzene rings is 1. The van der Waals surface area contributed by atoms with Gasteiger partial charge in [0.25, 0.3) is 0 Å². The highest BCUT2D eigenvalue weighted by atomic mass is 19.1. The Bertz CT molecular complexity index is 491. The van der Waals surface area contributed by atoms with E-state index >= 15 is 0 Å². The van der Waals surface area contributed by atoms with Crippen LogP contribution in [-0.4, -0.2) is 31.3 Å². The predicted molar refractivity (Wildman–Crippen MR) is 85.0 cm³/mol. The molecule has 0 saturated heterocycles. The normalized spacial score (nSPS) is 27.2. The lowest BCUT2D eigenvalue weighted by molar-refractivity contribution is -0.146. The van der Waals surface area contributed by atoms with Gasteiger partial charge < -0.3 is 15.4 Å². The molecule has 2 rings (SSSR count). The Kier molecular flexibility index (Phi) is 4.59. The molecule has 0 spiro atoms. The fourth-order valence-corrected chi connectivity index (χ4v) is 3.19. The number of likely N-dealkylation sites (N-methyl/N-ethyl adjacent to an activating group) is 1. The van der Waals surface area contributed by atoms with Gasteiger partial charge >= 0.3 is 0 Å². The van der Waals surface area contributed by atoms with E-state index in [0.717, 1.165) is 13.0 Å². The zero-order valence-corrected chi connectivity index (χ0v) is 13.5. The van der Waals surface area contributed by atoms with Crippen LogP contribution in [0, 0.1) is 11.2 Å². The largest absolute Gasteiger partial charge is 0.378 e. The summed E-state index contributed by atoms with van der Waals surface area (Å²) in [4.78, 5) is 2.03. The van der Waals surface area contributed by atoms with E-state index in [1.54, 1.807) is 6.07 Å². The lowest BCUT2D eigenvalue weighted by Crippen LogP contribution is -2.73. The first-order chi connectivity index (χ1) is 9.85. The lowest BCUT2D eigenvalue weighted by Gasteiger charge is -2.60. The van der Waals surface area contributed by atoms with Crippen molar-refractivity contribution in [1.82, 2.24) is 0 Å². The van der Waals surface area contributed by atoms with Crippen LogP contribution < -0.4 is 10.6 Å². The Morgan fingerprint density at radius 1 is 1.33 bits per heavy atom. The van der Waals surface area contributed by atoms with E-state index in [2.05, 4.69) is 13.8 Å². The topological polar surface area (TPSA) is 38.5 Å². The van der Waals surface area contributed by atoms with Crippen molar-refractivity contribution in [2.24, 2.45) is 11.1 Å². The molecule has 0 bridgehead atoms. The smallest absolute Gasteiger partial charge is 0.146 e. The molecule has 2 atom stereocenters. The summed E-state index contributed by atoms with van der Waals surface area (Å²) < 4.78 is 19.8. The molecule has 21 heavy (non-hydrogen) atoms. The maximum Gasteiger partial charge on any atom is 0.146 e. The molecule has 1 saturated carbocycles. The van der Waals surface area contributed by atoms with Crippen LogP contribution in [0.5, 0.6) is 0 Å². The van der Waals surface area contributed by atoms with Crippen LogP contribution in [0.1, 0.15) is 34.1 Å². The molecule has 1 fully saturated rings. The molecule has 0 radical (unpaired) electrons. The van der Waals surface area contributed by atoms with Crippen molar-refractivity contribution < 1.29 is 9.13 Å². The Morgan fingerprint density at radius 3 is 2.52 bits per heavy atom. The van der Waals surface area contributed by atoms with Crippen LogP contribution in [0.25, 0.3) is 0 Å². The number of hydrogen-bond donors (Lipinski definition) is 1. The second-order valence-corrected chi connectivity index (χ2v) is 6.49. The molecule has 0 amide bonds. The van der Waals surface area contributed by atoms with Gasteiger partial charge in [-0.2, -0.15) is 0 Å². The number of ether oxygens (including phenoxy) is 1. The number of para-hydroxylation sites is 1. The van der Waals surface area contributed by atoms with Crippen LogP contribution in [0.3, 0.4) is 0 Å². The molecule has 0 aliphatic heterocycles. The Balaban J connectivity index is 2.15. The van der Waals surface area contributed by atoms with Gasteiger partial charge in [-0.3, -0.25) is 0 Å². The van der Waals surface area contributed by atoms with Crippen molar-refractivity contribution in [3.63, 3.8) is 0 Å². The van der Waals surface area contributed by atoms with Gasteiger partial charge in [-0.1, -0.05) is 26.0 Å². The zero-order chi connectivity index (χ0) is 15.7. The highest BCUT2D eigenvalue weighted by Gasteiger charge is 2.58. The molecule has 0 heterocycles. The quantitative estimate of drug-likeness (QED) is 0.875. The van der Waals surface area contributed by atoms with E-state index in [1.165, 1.54) is 6.07 Å². The Morgan fingerprint density at radius 2 is 2.00 bits per heavy atom. The molecule has 118 valence electrons. The monoisotopic (exact) mass is 294 g/mol. The summed E-state index contributed by atoms with van der Waals surface area (Å²) in [6.07, 6.45) is 1.01. The average Bonchev–Trinajstić information content (AvgIpc) is 2.45. The zero-order valence-electron chi connectivity index (χ0n) is 13.5. The molecule has 1 aromatic carbocycles. The second kappa shape index (κ2) is 5.93. The average molecular weight is 294 g/mol. The van der Waals surface area contributed by atoms with Crippen LogP contribution >= 0.6 is 0 Å². The van der Waals surface area contributed by atoms with Crippen molar-refractivity contribution in [2.45, 2.75) is 45.8 Å². The van der Waals surface area contributed by atoms with Gasteiger partial charge in [0, 0.05) is 30.7 Å². The third kappa shape index (κ3) is 2.79. The van der Waals surface area contributed by atoms with Crippen molar-refractivity contribution >= 4 is 5.69 Å². The van der Waals surface area contributed by atoms with Crippen molar-refractivity contribution in [1.29, 1.82) is 0 Å². The van der Waals surface area contributed by atoms with Crippen LogP contribution in [0.4, 0.5) is 10.1 Å². The predicted octanol–water partition coefficient (Wildman–Crippen LogP) is 3.18. The van der Waals surface area contributed by atoms with E-state index in [9.17, 15) is 4.39 Å². The molecule has 0 aromatic heterocycles. The van der Waals surface area contributed by atoms with Gasteiger partial charge in [0.1, 0.15) is 5.82 Å². The van der Waals surface area contributed by atoms with Crippen LogP contribution in [0.2, 0.25) is 0 Å². The Labute approximate surface area is 127 Å². The summed E-state index contributed by atoms with van der Waals surface area (Å²) in [5.41, 5.74) is 6.78. The third-order valence-corrected chi connectivity index (χ3v) is 5.05. The van der Waals surface area contributed by atoms with E-state index in [-0.39, 0.29) is 22.9 Å². The van der Waals surface area contributed by atoms with E-state index in [0.29, 0.717) is 18.8 Å². The number of anilines is 1. The molecule has 3 nitrogen and oxygen atoms in total. The number of nitrogens with two attached hydrogens (primary N) is 1. The number of nitrogens with zero attached hydrogens (tertiary/aromatic N) is 1. The summed E-state index contributed by atoms with van der Waals surface area (Å²) in [7, 11) is 0. The minimum absolute atomic E-state index is 0.109. The molecule has 2 unspecified atom stereocenters. The highest BCUT2D eigenvalue weighted by Crippen LogP contribution is 2.50. The first kappa shape index (κ1) is 16.2. The molecule has 1 aliphatic rings. The molecule has 4 heteroatoms. The molecular formula is C17H27FN2O. The van der Waals surface area contributed by atoms with Gasteiger partial charge in [0.2, 0.25) is 0 Å². The van der Waals surface area contributed by atoms with Crippen LogP contribution in [-0.2, 0) is 4.74 Å². The van der Waals surface area contributed by atoms with Crippen LogP contribution in [0.15, 0.2) is 24.3 Å². The summed E-state index contributed by atoms with van der Waals surface area (Å²) in [6, 6.07) is 6.88. The first-order valence-electron chi connectivity index (χ1n) is 7.75.